The molecule has 0 aliphatic rings. The number of anilines is 1. The highest BCUT2D eigenvalue weighted by atomic mass is 35.5. The van der Waals surface area contributed by atoms with Crippen LogP contribution in [-0.2, 0) is 14.3 Å². The summed E-state index contributed by atoms with van der Waals surface area (Å²) in [7, 11) is 3.01. The van der Waals surface area contributed by atoms with E-state index in [1.807, 2.05) is 0 Å². The van der Waals surface area contributed by atoms with Gasteiger partial charge in [0.25, 0.3) is 11.6 Å². The van der Waals surface area contributed by atoms with Crippen LogP contribution in [0.1, 0.15) is 12.5 Å². The van der Waals surface area contributed by atoms with Crippen molar-refractivity contribution in [2.24, 2.45) is 0 Å². The number of nitrogens with zero attached hydrogens (tertiary/aromatic N) is 1. The van der Waals surface area contributed by atoms with Gasteiger partial charge in [0, 0.05) is 23.8 Å². The van der Waals surface area contributed by atoms with E-state index in [1.165, 1.54) is 39.4 Å². The van der Waals surface area contributed by atoms with Gasteiger partial charge in [0.2, 0.25) is 0 Å². The summed E-state index contributed by atoms with van der Waals surface area (Å²) in [5.41, 5.74) is 0.533. The summed E-state index contributed by atoms with van der Waals surface area (Å²) in [5.74, 6) is -0.293. The van der Waals surface area contributed by atoms with Gasteiger partial charge in [-0.2, -0.15) is 0 Å². The van der Waals surface area contributed by atoms with Crippen molar-refractivity contribution in [2.45, 2.75) is 13.0 Å². The summed E-state index contributed by atoms with van der Waals surface area (Å²) >= 11 is 5.94. The lowest BCUT2D eigenvalue weighted by molar-refractivity contribution is -0.384. The molecule has 0 spiro atoms. The Balaban J connectivity index is 2.01. The smallest absolute Gasteiger partial charge is 0.331 e. The fourth-order valence-electron chi connectivity index (χ4n) is 2.35. The number of benzene rings is 2. The maximum absolute atomic E-state index is 12.2. The van der Waals surface area contributed by atoms with E-state index in [0.717, 1.165) is 12.1 Å². The second kappa shape index (κ2) is 10.3. The normalized spacial score (nSPS) is 11.6. The van der Waals surface area contributed by atoms with Crippen molar-refractivity contribution >= 4 is 40.9 Å². The van der Waals surface area contributed by atoms with E-state index in [-0.39, 0.29) is 16.4 Å². The summed E-state index contributed by atoms with van der Waals surface area (Å²) in [4.78, 5) is 34.4. The van der Waals surface area contributed by atoms with E-state index in [1.54, 1.807) is 18.2 Å². The van der Waals surface area contributed by atoms with Gasteiger partial charge < -0.3 is 19.5 Å². The summed E-state index contributed by atoms with van der Waals surface area (Å²) in [6.45, 7) is 1.38. The van der Waals surface area contributed by atoms with Crippen molar-refractivity contribution in [2.75, 3.05) is 19.5 Å². The van der Waals surface area contributed by atoms with E-state index in [9.17, 15) is 19.7 Å². The zero-order chi connectivity index (χ0) is 22.3. The second-order valence-electron chi connectivity index (χ2n) is 5.93. The number of nitro benzene ring substituents is 1. The number of methoxy groups -OCH3 is 2. The number of carbonyl (C=O) groups excluding carboxylic acids is 2. The van der Waals surface area contributed by atoms with Crippen LogP contribution in [0.25, 0.3) is 6.08 Å². The predicted octanol–water partition coefficient (Wildman–Crippen LogP) is 3.85. The van der Waals surface area contributed by atoms with E-state index >= 15 is 0 Å². The van der Waals surface area contributed by atoms with Gasteiger partial charge in [-0.1, -0.05) is 11.6 Å². The van der Waals surface area contributed by atoms with Gasteiger partial charge in [-0.3, -0.25) is 14.9 Å². The molecule has 0 aliphatic carbocycles. The number of esters is 1. The number of rotatable bonds is 8. The minimum Gasteiger partial charge on any atom is -0.497 e. The van der Waals surface area contributed by atoms with Crippen LogP contribution in [0.15, 0.2) is 42.5 Å². The van der Waals surface area contributed by atoms with Gasteiger partial charge in [0.1, 0.15) is 11.5 Å². The van der Waals surface area contributed by atoms with Crippen LogP contribution in [0, 0.1) is 10.1 Å². The van der Waals surface area contributed by atoms with E-state index in [4.69, 9.17) is 25.8 Å². The molecule has 30 heavy (non-hydrogen) atoms. The van der Waals surface area contributed by atoms with Crippen LogP contribution in [0.4, 0.5) is 11.4 Å². The third-order valence-corrected chi connectivity index (χ3v) is 4.23. The number of hydrogen-bond acceptors (Lipinski definition) is 7. The zero-order valence-electron chi connectivity index (χ0n) is 16.4. The molecule has 2 aromatic carbocycles. The molecule has 0 fully saturated rings. The van der Waals surface area contributed by atoms with Crippen LogP contribution in [0.2, 0.25) is 5.02 Å². The molecule has 1 amide bonds. The Morgan fingerprint density at radius 2 is 1.90 bits per heavy atom. The molecular formula is C20H19ClN2O7. The first-order valence-electron chi connectivity index (χ1n) is 8.60. The SMILES string of the molecule is COc1ccc(OC)c(/C=C/C(=O)OC(C)C(=O)Nc2ccc([N+](=O)[O-])cc2Cl)c1. The van der Waals surface area contributed by atoms with Crippen molar-refractivity contribution in [3.8, 4) is 11.5 Å². The molecule has 0 saturated heterocycles. The van der Waals surface area contributed by atoms with Crippen molar-refractivity contribution in [3.63, 3.8) is 0 Å². The largest absolute Gasteiger partial charge is 0.497 e. The number of ether oxygens (including phenoxy) is 3. The Kier molecular flexibility index (Phi) is 7.76. The third kappa shape index (κ3) is 5.95. The first kappa shape index (κ1) is 22.7. The fourth-order valence-corrected chi connectivity index (χ4v) is 2.57. The molecule has 158 valence electrons. The third-order valence-electron chi connectivity index (χ3n) is 3.92. The average Bonchev–Trinajstić information content (AvgIpc) is 2.73. The van der Waals surface area contributed by atoms with Crippen molar-refractivity contribution in [3.05, 3.63) is 63.2 Å². The molecule has 1 unspecified atom stereocenters. The minimum atomic E-state index is -1.14. The Labute approximate surface area is 177 Å². The molecule has 9 nitrogen and oxygen atoms in total. The van der Waals surface area contributed by atoms with Gasteiger partial charge in [-0.15, -0.1) is 0 Å². The Hall–Kier alpha value is -3.59. The maximum Gasteiger partial charge on any atom is 0.331 e. The molecular weight excluding hydrogens is 416 g/mol. The number of amides is 1. The van der Waals surface area contributed by atoms with Crippen molar-refractivity contribution in [1.82, 2.24) is 0 Å². The van der Waals surface area contributed by atoms with Crippen molar-refractivity contribution in [1.29, 1.82) is 0 Å². The Morgan fingerprint density at radius 3 is 2.50 bits per heavy atom. The first-order valence-corrected chi connectivity index (χ1v) is 8.98. The molecule has 10 heteroatoms. The molecule has 0 aliphatic heterocycles. The van der Waals surface area contributed by atoms with Crippen LogP contribution in [-0.4, -0.2) is 37.1 Å². The number of halogens is 1. The summed E-state index contributed by atoms with van der Waals surface area (Å²) in [5, 5.41) is 13.2. The summed E-state index contributed by atoms with van der Waals surface area (Å²) in [6, 6.07) is 8.68. The van der Waals surface area contributed by atoms with Crippen LogP contribution in [0.5, 0.6) is 11.5 Å². The minimum absolute atomic E-state index is 0.0129. The molecule has 0 saturated carbocycles. The topological polar surface area (TPSA) is 117 Å². The Bertz CT molecular complexity index is 991. The average molecular weight is 435 g/mol. The number of carbonyl (C=O) groups is 2. The van der Waals surface area contributed by atoms with Crippen LogP contribution < -0.4 is 14.8 Å². The highest BCUT2D eigenvalue weighted by Crippen LogP contribution is 2.27. The molecule has 0 radical (unpaired) electrons. The van der Waals surface area contributed by atoms with Crippen LogP contribution >= 0.6 is 11.6 Å². The molecule has 0 bridgehead atoms. The molecule has 2 rings (SSSR count). The maximum atomic E-state index is 12.2. The lowest BCUT2D eigenvalue weighted by atomic mass is 10.1. The molecule has 2 aromatic rings. The van der Waals surface area contributed by atoms with E-state index in [2.05, 4.69) is 5.32 Å². The Morgan fingerprint density at radius 1 is 1.17 bits per heavy atom. The number of hydrogen-bond donors (Lipinski definition) is 1. The first-order chi connectivity index (χ1) is 14.2. The standard InChI is InChI=1S/C20H19ClN2O7/c1-12(20(25)22-17-7-5-14(23(26)27)11-16(17)21)30-19(24)9-4-13-10-15(28-2)6-8-18(13)29-3/h4-12H,1-3H3,(H,22,25)/b9-4+. The predicted molar refractivity (Wildman–Crippen MR) is 111 cm³/mol. The molecule has 0 aromatic heterocycles. The number of nitro groups is 1. The highest BCUT2D eigenvalue weighted by Gasteiger charge is 2.19. The van der Waals surface area contributed by atoms with Crippen LogP contribution in [0.3, 0.4) is 0 Å². The van der Waals surface area contributed by atoms with Gasteiger partial charge in [-0.25, -0.2) is 4.79 Å². The van der Waals surface area contributed by atoms with Crippen molar-refractivity contribution < 1.29 is 28.7 Å². The van der Waals surface area contributed by atoms with Gasteiger partial charge >= 0.3 is 5.97 Å². The monoisotopic (exact) mass is 434 g/mol. The number of nitrogens with one attached hydrogen (secondary N) is 1. The zero-order valence-corrected chi connectivity index (χ0v) is 17.1. The molecule has 1 atom stereocenters. The highest BCUT2D eigenvalue weighted by molar-refractivity contribution is 6.34. The lowest BCUT2D eigenvalue weighted by Gasteiger charge is -2.13. The number of non-ortho nitro benzene ring substituents is 1. The van der Waals surface area contributed by atoms with E-state index in [0.29, 0.717) is 17.1 Å². The quantitative estimate of drug-likeness (QED) is 0.290. The van der Waals surface area contributed by atoms with Gasteiger partial charge in [0.15, 0.2) is 6.10 Å². The fraction of sp³-hybridized carbons (Fsp3) is 0.200. The summed E-state index contributed by atoms with van der Waals surface area (Å²) < 4.78 is 15.4. The van der Waals surface area contributed by atoms with E-state index < -0.39 is 22.9 Å². The van der Waals surface area contributed by atoms with Gasteiger partial charge in [0.05, 0.1) is 29.9 Å². The summed E-state index contributed by atoms with van der Waals surface area (Å²) in [6.07, 6.45) is 1.49. The lowest BCUT2D eigenvalue weighted by Crippen LogP contribution is -2.29. The second-order valence-corrected chi connectivity index (χ2v) is 6.34. The molecule has 1 N–H and O–H groups in total. The van der Waals surface area contributed by atoms with Gasteiger partial charge in [-0.05, 0) is 37.3 Å². The molecule has 0 heterocycles.